The highest BCUT2D eigenvalue weighted by Gasteiger charge is 2.15. The number of carbonyl (C=O) groups excluding carboxylic acids is 1. The first-order valence-electron chi connectivity index (χ1n) is 10.9. The number of nitrogens with one attached hydrogen (secondary N) is 1. The summed E-state index contributed by atoms with van der Waals surface area (Å²) in [5.41, 5.74) is 2.38. The summed E-state index contributed by atoms with van der Waals surface area (Å²) < 4.78 is 11.6. The van der Waals surface area contributed by atoms with Gasteiger partial charge in [0.05, 0.1) is 10.7 Å². The molecular formula is C25H28N2O3S. The van der Waals surface area contributed by atoms with Crippen LogP contribution in [0.1, 0.15) is 40.4 Å². The molecule has 162 valence electrons. The topological polar surface area (TPSA) is 60.5 Å². The predicted molar refractivity (Wildman–Crippen MR) is 123 cm³/mol. The molecule has 0 saturated heterocycles. The molecule has 5 nitrogen and oxygen atoms in total. The van der Waals surface area contributed by atoms with Crippen molar-refractivity contribution in [2.24, 2.45) is 0 Å². The van der Waals surface area contributed by atoms with Gasteiger partial charge in [0.15, 0.2) is 18.1 Å². The van der Waals surface area contributed by atoms with Gasteiger partial charge in [-0.25, -0.2) is 4.98 Å². The van der Waals surface area contributed by atoms with Gasteiger partial charge in [0, 0.05) is 17.8 Å². The van der Waals surface area contributed by atoms with Crippen LogP contribution in [-0.4, -0.2) is 24.0 Å². The van der Waals surface area contributed by atoms with E-state index in [0.717, 1.165) is 24.8 Å². The molecule has 1 amide bonds. The lowest BCUT2D eigenvalue weighted by atomic mass is 10.0. The Labute approximate surface area is 187 Å². The fourth-order valence-corrected chi connectivity index (χ4v) is 4.80. The van der Waals surface area contributed by atoms with Crippen molar-refractivity contribution in [1.82, 2.24) is 10.3 Å². The number of hydrogen-bond acceptors (Lipinski definition) is 5. The van der Waals surface area contributed by atoms with Crippen LogP contribution in [0, 0.1) is 0 Å². The van der Waals surface area contributed by atoms with E-state index in [4.69, 9.17) is 14.5 Å². The molecule has 0 radical (unpaired) electrons. The summed E-state index contributed by atoms with van der Waals surface area (Å²) in [4.78, 5) is 18.4. The van der Waals surface area contributed by atoms with E-state index in [9.17, 15) is 4.79 Å². The zero-order valence-corrected chi connectivity index (χ0v) is 18.5. The number of thiazole rings is 1. The van der Waals surface area contributed by atoms with E-state index >= 15 is 0 Å². The maximum absolute atomic E-state index is 12.2. The van der Waals surface area contributed by atoms with Crippen LogP contribution in [0.2, 0.25) is 0 Å². The summed E-state index contributed by atoms with van der Waals surface area (Å²) in [6, 6.07) is 17.4. The molecule has 1 heterocycles. The number of amides is 1. The lowest BCUT2D eigenvalue weighted by Gasteiger charge is -2.12. The van der Waals surface area contributed by atoms with Crippen LogP contribution in [0.5, 0.6) is 11.5 Å². The van der Waals surface area contributed by atoms with Gasteiger partial charge < -0.3 is 14.8 Å². The number of aryl methyl sites for hydroxylation is 3. The number of ether oxygens (including phenoxy) is 2. The van der Waals surface area contributed by atoms with Crippen molar-refractivity contribution in [2.45, 2.75) is 45.1 Å². The first-order chi connectivity index (χ1) is 15.3. The Bertz CT molecular complexity index is 964. The second-order valence-corrected chi connectivity index (χ2v) is 8.82. The molecule has 0 spiro atoms. The zero-order chi connectivity index (χ0) is 21.3. The summed E-state index contributed by atoms with van der Waals surface area (Å²) in [7, 11) is 0. The van der Waals surface area contributed by atoms with Gasteiger partial charge in [-0.1, -0.05) is 42.5 Å². The van der Waals surface area contributed by atoms with Gasteiger partial charge in [-0.15, -0.1) is 11.3 Å². The minimum Gasteiger partial charge on any atom is -0.485 e. The molecule has 0 unspecified atom stereocenters. The third kappa shape index (κ3) is 6.31. The molecular weight excluding hydrogens is 408 g/mol. The highest BCUT2D eigenvalue weighted by molar-refractivity contribution is 7.11. The summed E-state index contributed by atoms with van der Waals surface area (Å²) in [6.45, 7) is 1.05. The van der Waals surface area contributed by atoms with Crippen molar-refractivity contribution in [3.8, 4) is 11.5 Å². The number of hydrogen-bond donors (Lipinski definition) is 1. The Balaban J connectivity index is 1.18. The highest BCUT2D eigenvalue weighted by Crippen LogP contribution is 2.28. The molecule has 2 aromatic carbocycles. The molecule has 0 aliphatic heterocycles. The van der Waals surface area contributed by atoms with Gasteiger partial charge in [0.1, 0.15) is 6.61 Å². The molecule has 0 fully saturated rings. The predicted octanol–water partition coefficient (Wildman–Crippen LogP) is 4.73. The van der Waals surface area contributed by atoms with Crippen molar-refractivity contribution in [3.63, 3.8) is 0 Å². The van der Waals surface area contributed by atoms with Crippen LogP contribution in [0.3, 0.4) is 0 Å². The van der Waals surface area contributed by atoms with Crippen molar-refractivity contribution in [2.75, 3.05) is 13.2 Å². The number of rotatable bonds is 10. The Kier molecular flexibility index (Phi) is 7.56. The number of benzene rings is 2. The van der Waals surface area contributed by atoms with E-state index in [1.165, 1.54) is 34.8 Å². The van der Waals surface area contributed by atoms with Gasteiger partial charge in [0.2, 0.25) is 0 Å². The molecule has 1 N–H and O–H groups in total. The van der Waals surface area contributed by atoms with Gasteiger partial charge in [-0.2, -0.15) is 0 Å². The summed E-state index contributed by atoms with van der Waals surface area (Å²) in [5, 5.41) is 4.13. The SMILES string of the molecule is O=C(COc1ccccc1OCc1ccccc1)NCCCc1nc2c(s1)CCCC2. The lowest BCUT2D eigenvalue weighted by Crippen LogP contribution is -2.30. The quantitative estimate of drug-likeness (QED) is 0.467. The molecule has 4 rings (SSSR count). The normalized spacial score (nSPS) is 12.8. The minimum atomic E-state index is -0.128. The van der Waals surface area contributed by atoms with Gasteiger partial charge in [-0.05, 0) is 49.8 Å². The van der Waals surface area contributed by atoms with E-state index in [1.807, 2.05) is 65.9 Å². The minimum absolute atomic E-state index is 0.0305. The van der Waals surface area contributed by atoms with E-state index < -0.39 is 0 Å². The van der Waals surface area contributed by atoms with E-state index in [-0.39, 0.29) is 12.5 Å². The molecule has 31 heavy (non-hydrogen) atoms. The smallest absolute Gasteiger partial charge is 0.257 e. The largest absolute Gasteiger partial charge is 0.485 e. The molecule has 1 aliphatic rings. The number of fused-ring (bicyclic) bond motifs is 1. The van der Waals surface area contributed by atoms with Crippen LogP contribution in [0.15, 0.2) is 54.6 Å². The van der Waals surface area contributed by atoms with Crippen LogP contribution < -0.4 is 14.8 Å². The van der Waals surface area contributed by atoms with Crippen molar-refractivity contribution >= 4 is 17.2 Å². The standard InChI is InChI=1S/C25H28N2O3S/c28-24(26-16-8-15-25-27-20-11-4-7-14-23(20)31-25)18-30-22-13-6-5-12-21(22)29-17-19-9-2-1-3-10-19/h1-3,5-6,9-10,12-13H,4,7-8,11,14-18H2,(H,26,28). The Hall–Kier alpha value is -2.86. The van der Waals surface area contributed by atoms with Crippen LogP contribution >= 0.6 is 11.3 Å². The van der Waals surface area contributed by atoms with E-state index in [2.05, 4.69) is 5.32 Å². The first kappa shape index (κ1) is 21.4. The Morgan fingerprint density at radius 1 is 0.968 bits per heavy atom. The molecule has 1 aliphatic carbocycles. The monoisotopic (exact) mass is 436 g/mol. The molecule has 1 aromatic heterocycles. The van der Waals surface area contributed by atoms with Gasteiger partial charge in [-0.3, -0.25) is 4.79 Å². The molecule has 0 atom stereocenters. The average molecular weight is 437 g/mol. The Morgan fingerprint density at radius 3 is 2.52 bits per heavy atom. The van der Waals surface area contributed by atoms with Crippen LogP contribution in [-0.2, 0) is 30.7 Å². The summed E-state index contributed by atoms with van der Waals surface area (Å²) in [6.07, 6.45) is 6.63. The van der Waals surface area contributed by atoms with Crippen molar-refractivity contribution in [1.29, 1.82) is 0 Å². The van der Waals surface area contributed by atoms with Crippen molar-refractivity contribution < 1.29 is 14.3 Å². The number of nitrogens with zero attached hydrogens (tertiary/aromatic N) is 1. The maximum Gasteiger partial charge on any atom is 0.257 e. The van der Waals surface area contributed by atoms with E-state index in [1.54, 1.807) is 0 Å². The number of carbonyl (C=O) groups is 1. The van der Waals surface area contributed by atoms with Gasteiger partial charge in [0.25, 0.3) is 5.91 Å². The first-order valence-corrected chi connectivity index (χ1v) is 11.7. The molecule has 3 aromatic rings. The number of aromatic nitrogens is 1. The zero-order valence-electron chi connectivity index (χ0n) is 17.6. The van der Waals surface area contributed by atoms with Crippen LogP contribution in [0.4, 0.5) is 0 Å². The van der Waals surface area contributed by atoms with E-state index in [0.29, 0.717) is 24.7 Å². The van der Waals surface area contributed by atoms with Crippen molar-refractivity contribution in [3.05, 3.63) is 75.7 Å². The lowest BCUT2D eigenvalue weighted by molar-refractivity contribution is -0.123. The summed E-state index contributed by atoms with van der Waals surface area (Å²) >= 11 is 1.84. The molecule has 0 bridgehead atoms. The fourth-order valence-electron chi connectivity index (χ4n) is 3.60. The summed E-state index contributed by atoms with van der Waals surface area (Å²) in [5.74, 6) is 1.07. The number of para-hydroxylation sites is 2. The second-order valence-electron chi connectivity index (χ2n) is 7.65. The fraction of sp³-hybridized carbons (Fsp3) is 0.360. The second kappa shape index (κ2) is 11.0. The third-order valence-corrected chi connectivity index (χ3v) is 6.44. The van der Waals surface area contributed by atoms with Crippen LogP contribution in [0.25, 0.3) is 0 Å². The molecule has 0 saturated carbocycles. The third-order valence-electron chi connectivity index (χ3n) is 5.22. The maximum atomic E-state index is 12.2. The highest BCUT2D eigenvalue weighted by atomic mass is 32.1. The Morgan fingerprint density at radius 2 is 1.71 bits per heavy atom. The average Bonchev–Trinajstić information content (AvgIpc) is 3.23. The van der Waals surface area contributed by atoms with Gasteiger partial charge >= 0.3 is 0 Å². The molecule has 6 heteroatoms.